The third-order valence-electron chi connectivity index (χ3n) is 4.52. The van der Waals surface area contributed by atoms with E-state index in [0.717, 1.165) is 48.6 Å². The van der Waals surface area contributed by atoms with E-state index < -0.39 is 0 Å². The van der Waals surface area contributed by atoms with E-state index in [1.54, 1.807) is 20.4 Å². The lowest BCUT2D eigenvalue weighted by molar-refractivity contribution is -0.120. The number of para-hydroxylation sites is 1. The molecule has 1 amide bonds. The Hall–Kier alpha value is -2.89. The van der Waals surface area contributed by atoms with Crippen LogP contribution < -0.4 is 10.1 Å². The van der Waals surface area contributed by atoms with E-state index in [1.807, 2.05) is 30.3 Å². The molecule has 6 nitrogen and oxygen atoms in total. The summed E-state index contributed by atoms with van der Waals surface area (Å²) in [5, 5.41) is 3.67. The number of amides is 1. The van der Waals surface area contributed by atoms with Gasteiger partial charge in [-0.2, -0.15) is 0 Å². The first-order valence-corrected chi connectivity index (χ1v) is 9.30. The van der Waals surface area contributed by atoms with Crippen molar-refractivity contribution in [3.63, 3.8) is 0 Å². The molecule has 3 aromatic rings. The topological polar surface area (TPSA) is 77.2 Å². The van der Waals surface area contributed by atoms with Gasteiger partial charge in [0.2, 0.25) is 11.8 Å². The zero-order valence-electron chi connectivity index (χ0n) is 15.8. The van der Waals surface area contributed by atoms with Gasteiger partial charge in [0.15, 0.2) is 11.7 Å². The SMILES string of the molecule is CNC(=O)CCCCCCc1ncc(-c2cc3ccccc3nc2OC)o1. The van der Waals surface area contributed by atoms with Gasteiger partial charge in [-0.3, -0.25) is 4.79 Å². The van der Waals surface area contributed by atoms with E-state index in [9.17, 15) is 4.79 Å². The lowest BCUT2D eigenvalue weighted by Crippen LogP contribution is -2.16. The Labute approximate surface area is 159 Å². The number of rotatable bonds is 9. The van der Waals surface area contributed by atoms with E-state index >= 15 is 0 Å². The van der Waals surface area contributed by atoms with Crippen LogP contribution in [0.4, 0.5) is 0 Å². The number of benzene rings is 1. The van der Waals surface area contributed by atoms with Crippen molar-refractivity contribution in [2.75, 3.05) is 14.2 Å². The van der Waals surface area contributed by atoms with E-state index in [-0.39, 0.29) is 5.91 Å². The summed E-state index contributed by atoms with van der Waals surface area (Å²) in [6, 6.07) is 9.93. The molecular weight excluding hydrogens is 342 g/mol. The molecule has 2 aromatic heterocycles. The first kappa shape index (κ1) is 18.9. The zero-order chi connectivity index (χ0) is 19.1. The Balaban J connectivity index is 1.60. The Bertz CT molecular complexity index is 905. The van der Waals surface area contributed by atoms with E-state index in [4.69, 9.17) is 9.15 Å². The number of carbonyl (C=O) groups excluding carboxylic acids is 1. The predicted molar refractivity (Wildman–Crippen MR) is 105 cm³/mol. The maximum Gasteiger partial charge on any atom is 0.224 e. The second kappa shape index (κ2) is 9.16. The second-order valence-electron chi connectivity index (χ2n) is 6.44. The number of methoxy groups -OCH3 is 1. The van der Waals surface area contributed by atoms with Crippen molar-refractivity contribution < 1.29 is 13.9 Å². The summed E-state index contributed by atoms with van der Waals surface area (Å²) < 4.78 is 11.4. The van der Waals surface area contributed by atoms with Crippen molar-refractivity contribution in [3.05, 3.63) is 42.4 Å². The summed E-state index contributed by atoms with van der Waals surface area (Å²) in [6.07, 6.45) is 7.09. The number of nitrogens with zero attached hydrogens (tertiary/aromatic N) is 2. The molecule has 0 atom stereocenters. The molecule has 0 aliphatic rings. The van der Waals surface area contributed by atoms with Gasteiger partial charge in [-0.25, -0.2) is 9.97 Å². The van der Waals surface area contributed by atoms with Crippen LogP contribution in [0.3, 0.4) is 0 Å². The molecule has 0 saturated carbocycles. The minimum Gasteiger partial charge on any atom is -0.480 e. The molecule has 142 valence electrons. The predicted octanol–water partition coefficient (Wildman–Crippen LogP) is 4.14. The van der Waals surface area contributed by atoms with E-state index in [0.29, 0.717) is 24.0 Å². The molecule has 0 fully saturated rings. The van der Waals surface area contributed by atoms with Crippen molar-refractivity contribution in [1.82, 2.24) is 15.3 Å². The molecular formula is C21H25N3O3. The van der Waals surface area contributed by atoms with Gasteiger partial charge in [-0.1, -0.05) is 31.0 Å². The number of aromatic nitrogens is 2. The van der Waals surface area contributed by atoms with Crippen molar-refractivity contribution >= 4 is 16.8 Å². The summed E-state index contributed by atoms with van der Waals surface area (Å²) in [7, 11) is 3.28. The van der Waals surface area contributed by atoms with Crippen molar-refractivity contribution in [2.24, 2.45) is 0 Å². The molecule has 0 saturated heterocycles. The molecule has 2 heterocycles. The number of carbonyl (C=O) groups is 1. The average molecular weight is 367 g/mol. The Morgan fingerprint density at radius 2 is 2.00 bits per heavy atom. The number of nitrogens with one attached hydrogen (secondary N) is 1. The Morgan fingerprint density at radius 1 is 1.19 bits per heavy atom. The zero-order valence-corrected chi connectivity index (χ0v) is 15.8. The van der Waals surface area contributed by atoms with Crippen LogP contribution in [0.15, 0.2) is 40.9 Å². The average Bonchev–Trinajstić information content (AvgIpc) is 3.18. The Morgan fingerprint density at radius 3 is 2.81 bits per heavy atom. The number of ether oxygens (including phenoxy) is 1. The molecule has 1 aromatic carbocycles. The van der Waals surface area contributed by atoms with E-state index in [2.05, 4.69) is 15.3 Å². The molecule has 0 bridgehead atoms. The fourth-order valence-electron chi connectivity index (χ4n) is 3.02. The third kappa shape index (κ3) is 4.84. The fourth-order valence-corrected chi connectivity index (χ4v) is 3.02. The number of pyridine rings is 1. The third-order valence-corrected chi connectivity index (χ3v) is 4.52. The van der Waals surface area contributed by atoms with Crippen molar-refractivity contribution in [3.8, 4) is 17.2 Å². The highest BCUT2D eigenvalue weighted by Gasteiger charge is 2.14. The second-order valence-corrected chi connectivity index (χ2v) is 6.44. The van der Waals surface area contributed by atoms with Crippen LogP contribution in [0.1, 0.15) is 38.0 Å². The summed E-state index contributed by atoms with van der Waals surface area (Å²) in [5.74, 6) is 2.02. The Kier molecular flexibility index (Phi) is 6.41. The van der Waals surface area contributed by atoms with Gasteiger partial charge in [-0.15, -0.1) is 0 Å². The molecule has 27 heavy (non-hydrogen) atoms. The summed E-state index contributed by atoms with van der Waals surface area (Å²) in [6.45, 7) is 0. The molecule has 0 aliphatic heterocycles. The molecule has 0 unspecified atom stereocenters. The van der Waals surface area contributed by atoms with Gasteiger partial charge in [-0.05, 0) is 25.0 Å². The van der Waals surface area contributed by atoms with Crippen LogP contribution in [0.2, 0.25) is 0 Å². The van der Waals surface area contributed by atoms with Crippen LogP contribution >= 0.6 is 0 Å². The minimum absolute atomic E-state index is 0.102. The van der Waals surface area contributed by atoms with Gasteiger partial charge in [0, 0.05) is 25.3 Å². The monoisotopic (exact) mass is 367 g/mol. The van der Waals surface area contributed by atoms with Crippen molar-refractivity contribution in [1.29, 1.82) is 0 Å². The molecule has 0 radical (unpaired) electrons. The first-order chi connectivity index (χ1) is 13.2. The number of unbranched alkanes of at least 4 members (excludes halogenated alkanes) is 3. The number of aryl methyl sites for hydroxylation is 1. The normalized spacial score (nSPS) is 10.9. The number of hydrogen-bond donors (Lipinski definition) is 1. The smallest absolute Gasteiger partial charge is 0.224 e. The van der Waals surface area contributed by atoms with Gasteiger partial charge in [0.25, 0.3) is 0 Å². The highest BCUT2D eigenvalue weighted by molar-refractivity contribution is 5.85. The summed E-state index contributed by atoms with van der Waals surface area (Å²) >= 11 is 0. The summed E-state index contributed by atoms with van der Waals surface area (Å²) in [5.41, 5.74) is 1.69. The largest absolute Gasteiger partial charge is 0.480 e. The maximum atomic E-state index is 11.2. The fraction of sp³-hybridized carbons (Fsp3) is 0.381. The van der Waals surface area contributed by atoms with Crippen molar-refractivity contribution in [2.45, 2.75) is 38.5 Å². The highest BCUT2D eigenvalue weighted by atomic mass is 16.5. The number of oxazole rings is 1. The maximum absolute atomic E-state index is 11.2. The van der Waals surface area contributed by atoms with Gasteiger partial charge in [0.05, 0.1) is 24.4 Å². The molecule has 0 aliphatic carbocycles. The lowest BCUT2D eigenvalue weighted by Gasteiger charge is -2.07. The number of hydrogen-bond acceptors (Lipinski definition) is 5. The molecule has 0 spiro atoms. The van der Waals surface area contributed by atoms with Crippen LogP contribution in [0.5, 0.6) is 5.88 Å². The quantitative estimate of drug-likeness (QED) is 0.575. The van der Waals surface area contributed by atoms with Crippen LogP contribution in [0, 0.1) is 0 Å². The molecule has 6 heteroatoms. The van der Waals surface area contributed by atoms with Crippen LogP contribution in [0.25, 0.3) is 22.2 Å². The first-order valence-electron chi connectivity index (χ1n) is 9.30. The van der Waals surface area contributed by atoms with Gasteiger partial charge in [0.1, 0.15) is 0 Å². The van der Waals surface area contributed by atoms with E-state index in [1.165, 1.54) is 0 Å². The van der Waals surface area contributed by atoms with Gasteiger partial charge >= 0.3 is 0 Å². The molecule has 3 rings (SSSR count). The number of fused-ring (bicyclic) bond motifs is 1. The minimum atomic E-state index is 0.102. The lowest BCUT2D eigenvalue weighted by atomic mass is 10.1. The highest BCUT2D eigenvalue weighted by Crippen LogP contribution is 2.32. The molecule has 1 N–H and O–H groups in total. The summed E-state index contributed by atoms with van der Waals surface area (Å²) in [4.78, 5) is 20.1. The van der Waals surface area contributed by atoms with Gasteiger partial charge < -0.3 is 14.5 Å². The van der Waals surface area contributed by atoms with Crippen LogP contribution in [-0.2, 0) is 11.2 Å². The standard InChI is InChI=1S/C21H25N3O3/c1-22-19(25)11-5-3-4-6-12-20-23-14-18(27-20)16-13-15-9-7-8-10-17(15)24-21(16)26-2/h7-10,13-14H,3-6,11-12H2,1-2H3,(H,22,25). The van der Waals surface area contributed by atoms with Crippen LogP contribution in [-0.4, -0.2) is 30.0 Å².